The van der Waals surface area contributed by atoms with E-state index in [1.165, 1.54) is 12.8 Å². The second kappa shape index (κ2) is 6.19. The number of Topliss-reactive ketones (excluding diaryl/α,β-unsaturated/α-hetero) is 1. The van der Waals surface area contributed by atoms with Crippen molar-refractivity contribution < 1.29 is 9.36 Å². The topological polar surface area (TPSA) is 34.1 Å². The molecule has 3 heteroatoms. The lowest BCUT2D eigenvalue weighted by Gasteiger charge is -2.38. The van der Waals surface area contributed by atoms with Gasteiger partial charge >= 0.3 is 0 Å². The van der Waals surface area contributed by atoms with Gasteiger partial charge in [-0.15, -0.1) is 0 Å². The van der Waals surface area contributed by atoms with E-state index in [4.69, 9.17) is 0 Å². The van der Waals surface area contributed by atoms with Gasteiger partial charge in [0, 0.05) is 27.6 Å². The monoisotopic (exact) mass is 420 g/mol. The lowest BCUT2D eigenvalue weighted by Crippen LogP contribution is -2.43. The number of hydrogen-bond acceptors (Lipinski definition) is 2. The van der Waals surface area contributed by atoms with Crippen LogP contribution in [0.4, 0.5) is 0 Å². The van der Waals surface area contributed by atoms with Crippen molar-refractivity contribution in [3.63, 3.8) is 0 Å². The molecule has 4 saturated carbocycles. The largest absolute Gasteiger partial charge is 0.314 e. The molecule has 2 atom stereocenters. The van der Waals surface area contributed by atoms with Crippen molar-refractivity contribution in [2.45, 2.75) is 53.4 Å². The van der Waals surface area contributed by atoms with E-state index < -0.39 is 12.6 Å². The molecule has 0 amide bonds. The lowest BCUT2D eigenvalue weighted by atomic mass is 9.68. The molecule has 0 aromatic heterocycles. The number of rotatable bonds is 6. The predicted molar refractivity (Wildman–Crippen MR) is 124 cm³/mol. The Balaban J connectivity index is 1.53. The summed E-state index contributed by atoms with van der Waals surface area (Å²) in [4.78, 5) is 14.2. The second-order valence-electron chi connectivity index (χ2n) is 11.5. The summed E-state index contributed by atoms with van der Waals surface area (Å²) in [5, 5.41) is 1.71. The second-order valence-corrected chi connectivity index (χ2v) is 14.3. The van der Waals surface area contributed by atoms with Crippen LogP contribution in [0.25, 0.3) is 0 Å². The third-order valence-electron chi connectivity index (χ3n) is 9.08. The zero-order valence-electron chi connectivity index (χ0n) is 18.7. The highest BCUT2D eigenvalue weighted by Gasteiger charge is 2.76. The van der Waals surface area contributed by atoms with Crippen LogP contribution in [0.15, 0.2) is 60.7 Å². The Morgan fingerprint density at radius 3 is 1.70 bits per heavy atom. The first-order valence-corrected chi connectivity index (χ1v) is 13.2. The fourth-order valence-electron chi connectivity index (χ4n) is 7.68. The van der Waals surface area contributed by atoms with Gasteiger partial charge in [-0.05, 0) is 42.4 Å². The standard InChI is InChI=1S/C27H33O2P/c1-24(2,23(28)27-17-25(3)15-20(27)16-26(25,4)18-27)19-30(29,21-11-7-5-8-12-21)22-13-9-6-10-14-22/h5-14,20H,15-19H2,1-4H3. The summed E-state index contributed by atoms with van der Waals surface area (Å²) in [7, 11) is -2.93. The smallest absolute Gasteiger partial charge is 0.145 e. The Hall–Kier alpha value is -1.66. The first kappa shape index (κ1) is 20.3. The van der Waals surface area contributed by atoms with E-state index in [1.54, 1.807) is 0 Å². The molecule has 4 aliphatic rings. The molecule has 0 radical (unpaired) electrons. The highest BCUT2D eigenvalue weighted by Crippen LogP contribution is 2.82. The van der Waals surface area contributed by atoms with Crippen LogP contribution in [0.2, 0.25) is 0 Å². The number of carbonyl (C=O) groups is 1. The van der Waals surface area contributed by atoms with Crippen molar-refractivity contribution in [2.75, 3.05) is 6.16 Å². The van der Waals surface area contributed by atoms with Crippen LogP contribution in [-0.2, 0) is 9.36 Å². The zero-order chi connectivity index (χ0) is 21.4. The minimum Gasteiger partial charge on any atom is -0.314 e. The molecule has 30 heavy (non-hydrogen) atoms. The highest BCUT2D eigenvalue weighted by molar-refractivity contribution is 7.78. The molecule has 2 unspecified atom stereocenters. The zero-order valence-corrected chi connectivity index (χ0v) is 19.5. The molecule has 0 N–H and O–H groups in total. The molecular weight excluding hydrogens is 387 g/mol. The van der Waals surface area contributed by atoms with Crippen LogP contribution in [0.1, 0.15) is 53.4 Å². The summed E-state index contributed by atoms with van der Waals surface area (Å²) < 4.78 is 14.6. The van der Waals surface area contributed by atoms with E-state index in [2.05, 4.69) is 27.7 Å². The molecule has 0 spiro atoms. The first-order chi connectivity index (χ1) is 14.0. The van der Waals surface area contributed by atoms with Gasteiger partial charge in [-0.3, -0.25) is 4.79 Å². The number of carbonyl (C=O) groups excluding carboxylic acids is 1. The maximum Gasteiger partial charge on any atom is 0.145 e. The van der Waals surface area contributed by atoms with Crippen LogP contribution in [0.5, 0.6) is 0 Å². The Bertz CT molecular complexity index is 978. The minimum atomic E-state index is -2.93. The molecule has 2 aromatic rings. The van der Waals surface area contributed by atoms with Crippen molar-refractivity contribution >= 4 is 23.5 Å². The van der Waals surface area contributed by atoms with Crippen LogP contribution in [-0.4, -0.2) is 11.9 Å². The van der Waals surface area contributed by atoms with E-state index in [0.717, 1.165) is 23.5 Å². The molecule has 0 heterocycles. The molecule has 2 nitrogen and oxygen atoms in total. The van der Waals surface area contributed by atoms with E-state index in [0.29, 0.717) is 28.7 Å². The number of ketones is 1. The summed E-state index contributed by atoms with van der Waals surface area (Å²) in [5.41, 5.74) is -0.191. The summed E-state index contributed by atoms with van der Waals surface area (Å²) in [6.45, 7) is 8.91. The van der Waals surface area contributed by atoms with Crippen molar-refractivity contribution in [1.29, 1.82) is 0 Å². The van der Waals surface area contributed by atoms with Crippen LogP contribution >= 0.6 is 7.14 Å². The van der Waals surface area contributed by atoms with Gasteiger partial charge in [0.1, 0.15) is 12.9 Å². The van der Waals surface area contributed by atoms with E-state index >= 15 is 0 Å². The number of benzene rings is 2. The number of hydrogen-bond donors (Lipinski definition) is 0. The first-order valence-electron chi connectivity index (χ1n) is 11.3. The van der Waals surface area contributed by atoms with Gasteiger partial charge < -0.3 is 4.57 Å². The summed E-state index contributed by atoms with van der Waals surface area (Å²) in [5.74, 6) is 0.893. The van der Waals surface area contributed by atoms with Crippen molar-refractivity contribution in [3.8, 4) is 0 Å². The SMILES string of the molecule is CC(C)(CP(=O)(c1ccccc1)c1ccccc1)C(=O)C12CC3(C)CC1CC3(C)C2. The van der Waals surface area contributed by atoms with E-state index in [9.17, 15) is 9.36 Å². The molecule has 4 bridgehead atoms. The van der Waals surface area contributed by atoms with E-state index in [-0.39, 0.29) is 5.41 Å². The molecule has 6 rings (SSSR count). The maximum atomic E-state index is 14.6. The van der Waals surface area contributed by atoms with Gasteiger partial charge in [0.2, 0.25) is 0 Å². The Kier molecular flexibility index (Phi) is 4.18. The average Bonchev–Trinajstić information content (AvgIpc) is 3.32. The Morgan fingerprint density at radius 1 is 0.900 bits per heavy atom. The van der Waals surface area contributed by atoms with Crippen molar-refractivity contribution in [2.24, 2.45) is 27.6 Å². The Morgan fingerprint density at radius 2 is 1.33 bits per heavy atom. The van der Waals surface area contributed by atoms with Gasteiger partial charge in [0.25, 0.3) is 0 Å². The molecule has 4 aliphatic carbocycles. The summed E-state index contributed by atoms with van der Waals surface area (Å²) in [6.07, 6.45) is 4.85. The average molecular weight is 421 g/mol. The van der Waals surface area contributed by atoms with Crippen molar-refractivity contribution in [3.05, 3.63) is 60.7 Å². The summed E-state index contributed by atoms with van der Waals surface area (Å²) in [6, 6.07) is 19.6. The van der Waals surface area contributed by atoms with Gasteiger partial charge in [0.05, 0.1) is 0 Å². The highest BCUT2D eigenvalue weighted by atomic mass is 31.2. The molecular formula is C27H33O2P. The molecule has 158 valence electrons. The third kappa shape index (κ3) is 2.56. The maximum absolute atomic E-state index is 14.6. The predicted octanol–water partition coefficient (Wildman–Crippen LogP) is 5.81. The van der Waals surface area contributed by atoms with Gasteiger partial charge in [-0.1, -0.05) is 88.4 Å². The Labute approximate surface area is 180 Å². The molecule has 2 aromatic carbocycles. The van der Waals surface area contributed by atoms with Crippen LogP contribution in [0.3, 0.4) is 0 Å². The fraction of sp³-hybridized carbons (Fsp3) is 0.519. The normalized spacial score (nSPS) is 34.6. The van der Waals surface area contributed by atoms with Gasteiger partial charge in [-0.2, -0.15) is 0 Å². The minimum absolute atomic E-state index is 0.189. The van der Waals surface area contributed by atoms with Gasteiger partial charge in [0.15, 0.2) is 0 Å². The van der Waals surface area contributed by atoms with Crippen molar-refractivity contribution in [1.82, 2.24) is 0 Å². The summed E-state index contributed by atoms with van der Waals surface area (Å²) >= 11 is 0. The van der Waals surface area contributed by atoms with Gasteiger partial charge in [-0.25, -0.2) is 0 Å². The van der Waals surface area contributed by atoms with E-state index in [1.807, 2.05) is 60.7 Å². The van der Waals surface area contributed by atoms with Crippen LogP contribution in [0, 0.1) is 27.6 Å². The quantitative estimate of drug-likeness (QED) is 0.553. The lowest BCUT2D eigenvalue weighted by molar-refractivity contribution is -0.137. The third-order valence-corrected chi connectivity index (χ3v) is 12.6. The van der Waals surface area contributed by atoms with Crippen LogP contribution < -0.4 is 10.6 Å². The molecule has 0 aliphatic heterocycles. The fourth-order valence-corrected chi connectivity index (χ4v) is 10.9. The molecule has 0 saturated heterocycles. The molecule has 4 fully saturated rings.